The minimum Gasteiger partial charge on any atom is -0.456 e. The lowest BCUT2D eigenvalue weighted by atomic mass is 9.96. The number of ether oxygens (including phenoxy) is 1. The molecule has 3 rings (SSSR count). The number of primary amides is 1. The van der Waals surface area contributed by atoms with Crippen molar-refractivity contribution in [1.82, 2.24) is 4.31 Å². The van der Waals surface area contributed by atoms with Crippen molar-refractivity contribution in [3.05, 3.63) is 91.8 Å². The van der Waals surface area contributed by atoms with E-state index in [1.54, 1.807) is 24.3 Å². The summed E-state index contributed by atoms with van der Waals surface area (Å²) in [6.07, 6.45) is 0.302. The van der Waals surface area contributed by atoms with E-state index < -0.39 is 21.7 Å². The topological polar surface area (TPSA) is 89.7 Å². The van der Waals surface area contributed by atoms with Gasteiger partial charge in [-0.3, -0.25) is 4.79 Å². The van der Waals surface area contributed by atoms with Gasteiger partial charge in [0.25, 0.3) is 5.91 Å². The van der Waals surface area contributed by atoms with Gasteiger partial charge in [0, 0.05) is 23.7 Å². The van der Waals surface area contributed by atoms with Crippen LogP contribution >= 0.6 is 22.6 Å². The second-order valence-electron chi connectivity index (χ2n) is 7.84. The number of aryl methyl sites for hydroxylation is 1. The molecule has 0 radical (unpaired) electrons. The van der Waals surface area contributed by atoms with Gasteiger partial charge in [-0.25, -0.2) is 17.1 Å². The van der Waals surface area contributed by atoms with Gasteiger partial charge >= 0.3 is 0 Å². The fourth-order valence-electron chi connectivity index (χ4n) is 3.36. The quantitative estimate of drug-likeness (QED) is 0.393. The largest absolute Gasteiger partial charge is 0.456 e. The van der Waals surface area contributed by atoms with Crippen molar-refractivity contribution >= 4 is 38.5 Å². The SMILES string of the molecule is Cc1cc(I)ccc1Cc1cc(F)cc(Oc2cccc(CS(=O)(=O)N(C)C)c2)c1C(N)=O. The third kappa shape index (κ3) is 6.30. The second kappa shape index (κ2) is 10.2. The van der Waals surface area contributed by atoms with Crippen LogP contribution < -0.4 is 10.5 Å². The molecule has 0 saturated carbocycles. The lowest BCUT2D eigenvalue weighted by Crippen LogP contribution is -2.23. The Bertz CT molecular complexity index is 1310. The molecule has 174 valence electrons. The summed E-state index contributed by atoms with van der Waals surface area (Å²) in [6.45, 7) is 1.95. The highest BCUT2D eigenvalue weighted by Crippen LogP contribution is 2.31. The Balaban J connectivity index is 1.99. The van der Waals surface area contributed by atoms with Gasteiger partial charge in [0.2, 0.25) is 10.0 Å². The standard InChI is InChI=1S/C24H24FIN2O4S/c1-15-9-20(26)8-7-17(15)11-18-12-19(25)13-22(23(18)24(27)29)32-21-6-4-5-16(10-21)14-33(30,31)28(2)3/h4-10,12-13H,11,14H2,1-3H3,(H2,27,29). The number of rotatable bonds is 8. The highest BCUT2D eigenvalue weighted by molar-refractivity contribution is 14.1. The second-order valence-corrected chi connectivity index (χ2v) is 11.3. The summed E-state index contributed by atoms with van der Waals surface area (Å²) in [6, 6.07) is 14.7. The van der Waals surface area contributed by atoms with E-state index in [1.165, 1.54) is 20.2 Å². The van der Waals surface area contributed by atoms with Crippen molar-refractivity contribution in [2.45, 2.75) is 19.1 Å². The molecule has 0 aliphatic carbocycles. The maximum absolute atomic E-state index is 14.5. The lowest BCUT2D eigenvalue weighted by molar-refractivity contribution is 0.0997. The van der Waals surface area contributed by atoms with E-state index in [-0.39, 0.29) is 22.8 Å². The molecule has 3 aromatic rings. The molecule has 0 bridgehead atoms. The van der Waals surface area contributed by atoms with Crippen LogP contribution in [-0.4, -0.2) is 32.7 Å². The minimum atomic E-state index is -3.47. The van der Waals surface area contributed by atoms with Gasteiger partial charge in [-0.2, -0.15) is 0 Å². The maximum Gasteiger partial charge on any atom is 0.252 e. The zero-order valence-corrected chi connectivity index (χ0v) is 21.4. The monoisotopic (exact) mass is 582 g/mol. The van der Waals surface area contributed by atoms with Gasteiger partial charge in [0.1, 0.15) is 17.3 Å². The van der Waals surface area contributed by atoms with E-state index in [0.717, 1.165) is 25.1 Å². The van der Waals surface area contributed by atoms with Crippen LogP contribution in [0, 0.1) is 16.3 Å². The molecule has 0 spiro atoms. The van der Waals surface area contributed by atoms with Crippen molar-refractivity contribution in [2.24, 2.45) is 5.73 Å². The Hall–Kier alpha value is -2.50. The highest BCUT2D eigenvalue weighted by atomic mass is 127. The molecule has 0 heterocycles. The molecule has 0 atom stereocenters. The number of hydrogen-bond acceptors (Lipinski definition) is 4. The third-order valence-electron chi connectivity index (χ3n) is 5.11. The number of hydrogen-bond donors (Lipinski definition) is 1. The summed E-state index contributed by atoms with van der Waals surface area (Å²) in [5.41, 5.74) is 8.59. The van der Waals surface area contributed by atoms with Crippen LogP contribution in [0.1, 0.15) is 32.6 Å². The van der Waals surface area contributed by atoms with Gasteiger partial charge < -0.3 is 10.5 Å². The van der Waals surface area contributed by atoms with E-state index in [4.69, 9.17) is 10.5 Å². The Morgan fingerprint density at radius 2 is 1.82 bits per heavy atom. The van der Waals surface area contributed by atoms with E-state index in [9.17, 15) is 17.6 Å². The normalized spacial score (nSPS) is 11.6. The van der Waals surface area contributed by atoms with Crippen molar-refractivity contribution in [2.75, 3.05) is 14.1 Å². The Morgan fingerprint density at radius 1 is 1.09 bits per heavy atom. The van der Waals surface area contributed by atoms with E-state index in [1.807, 2.05) is 25.1 Å². The molecule has 2 N–H and O–H groups in total. The molecule has 6 nitrogen and oxygen atoms in total. The number of benzene rings is 3. The average molecular weight is 582 g/mol. The number of nitrogens with two attached hydrogens (primary N) is 1. The number of halogens is 2. The summed E-state index contributed by atoms with van der Waals surface area (Å²) in [4.78, 5) is 12.3. The van der Waals surface area contributed by atoms with E-state index in [0.29, 0.717) is 17.5 Å². The predicted octanol–water partition coefficient (Wildman–Crippen LogP) is 4.61. The minimum absolute atomic E-state index is 0.0201. The Labute approximate surface area is 206 Å². The maximum atomic E-state index is 14.5. The molecule has 0 aliphatic heterocycles. The van der Waals surface area contributed by atoms with Crippen molar-refractivity contribution in [1.29, 1.82) is 0 Å². The zero-order valence-electron chi connectivity index (χ0n) is 18.4. The molecule has 0 fully saturated rings. The van der Waals surface area contributed by atoms with Crippen LogP contribution in [0.3, 0.4) is 0 Å². The fourth-order valence-corrected chi connectivity index (χ4v) is 4.87. The third-order valence-corrected chi connectivity index (χ3v) is 7.59. The summed E-state index contributed by atoms with van der Waals surface area (Å²) >= 11 is 2.21. The Kier molecular flexibility index (Phi) is 7.76. The first kappa shape index (κ1) is 25.1. The number of amides is 1. The zero-order chi connectivity index (χ0) is 24.3. The first-order chi connectivity index (χ1) is 15.5. The average Bonchev–Trinajstić information content (AvgIpc) is 2.69. The lowest BCUT2D eigenvalue weighted by Gasteiger charge is -2.16. The molecule has 0 aromatic heterocycles. The van der Waals surface area contributed by atoms with Crippen LogP contribution in [0.15, 0.2) is 54.6 Å². The fraction of sp³-hybridized carbons (Fsp3) is 0.208. The van der Waals surface area contributed by atoms with Crippen molar-refractivity contribution in [3.63, 3.8) is 0 Å². The summed E-state index contributed by atoms with van der Waals surface area (Å²) < 4.78 is 47.0. The highest BCUT2D eigenvalue weighted by Gasteiger charge is 2.20. The van der Waals surface area contributed by atoms with Gasteiger partial charge in [-0.15, -0.1) is 0 Å². The van der Waals surface area contributed by atoms with E-state index >= 15 is 0 Å². The van der Waals surface area contributed by atoms with Crippen LogP contribution in [-0.2, 0) is 22.2 Å². The molecule has 3 aromatic carbocycles. The van der Waals surface area contributed by atoms with Crippen molar-refractivity contribution in [3.8, 4) is 11.5 Å². The smallest absolute Gasteiger partial charge is 0.252 e. The van der Waals surface area contributed by atoms with Crippen LogP contribution in [0.25, 0.3) is 0 Å². The molecule has 0 unspecified atom stereocenters. The van der Waals surface area contributed by atoms with Gasteiger partial charge in [-0.05, 0) is 88.5 Å². The summed E-state index contributed by atoms with van der Waals surface area (Å²) in [5, 5.41) is 0. The molecular formula is C24H24FIN2O4S. The first-order valence-electron chi connectivity index (χ1n) is 10.0. The van der Waals surface area contributed by atoms with Gasteiger partial charge in [0.05, 0.1) is 11.3 Å². The van der Waals surface area contributed by atoms with Gasteiger partial charge in [-0.1, -0.05) is 18.2 Å². The van der Waals surface area contributed by atoms with E-state index in [2.05, 4.69) is 22.6 Å². The van der Waals surface area contributed by atoms with Crippen LogP contribution in [0.5, 0.6) is 11.5 Å². The summed E-state index contributed by atoms with van der Waals surface area (Å²) in [5.74, 6) is -1.28. The molecule has 9 heteroatoms. The number of sulfonamides is 1. The van der Waals surface area contributed by atoms with Crippen molar-refractivity contribution < 1.29 is 22.3 Å². The number of nitrogens with zero attached hydrogens (tertiary/aromatic N) is 1. The number of carbonyl (C=O) groups excluding carboxylic acids is 1. The molecule has 33 heavy (non-hydrogen) atoms. The predicted molar refractivity (Wildman–Crippen MR) is 134 cm³/mol. The number of carbonyl (C=O) groups is 1. The molecule has 0 aliphatic rings. The molecule has 0 saturated heterocycles. The molecule has 1 amide bonds. The van der Waals surface area contributed by atoms with Crippen LogP contribution in [0.2, 0.25) is 0 Å². The summed E-state index contributed by atoms with van der Waals surface area (Å²) in [7, 11) is -0.561. The Morgan fingerprint density at radius 3 is 2.45 bits per heavy atom. The first-order valence-corrected chi connectivity index (χ1v) is 12.7. The van der Waals surface area contributed by atoms with Gasteiger partial charge in [0.15, 0.2) is 0 Å². The van der Waals surface area contributed by atoms with Crippen LogP contribution in [0.4, 0.5) is 4.39 Å². The molecular weight excluding hydrogens is 558 g/mol.